The highest BCUT2D eigenvalue weighted by Gasteiger charge is 2.47. The minimum Gasteiger partial charge on any atom is -0.346 e. The van der Waals surface area contributed by atoms with Crippen LogP contribution in [-0.4, -0.2) is 79.5 Å². The van der Waals surface area contributed by atoms with E-state index in [1.54, 1.807) is 29.0 Å². The van der Waals surface area contributed by atoms with Crippen molar-refractivity contribution < 1.29 is 4.79 Å². The summed E-state index contributed by atoms with van der Waals surface area (Å²) in [5, 5.41) is 1.25. The van der Waals surface area contributed by atoms with Gasteiger partial charge in [-0.1, -0.05) is 17.2 Å². The molecule has 0 unspecified atom stereocenters. The van der Waals surface area contributed by atoms with Gasteiger partial charge in [-0.3, -0.25) is 23.6 Å². The lowest BCUT2D eigenvalue weighted by molar-refractivity contribution is -0.137. The number of benzene rings is 1. The van der Waals surface area contributed by atoms with E-state index in [-0.39, 0.29) is 17.2 Å². The third kappa shape index (κ3) is 5.82. The summed E-state index contributed by atoms with van der Waals surface area (Å²) in [5.41, 5.74) is 5.90. The van der Waals surface area contributed by atoms with Crippen molar-refractivity contribution in [2.45, 2.75) is 83.8 Å². The normalized spacial score (nSPS) is 20.6. The summed E-state index contributed by atoms with van der Waals surface area (Å²) in [7, 11) is 3.26. The van der Waals surface area contributed by atoms with Crippen LogP contribution in [0.25, 0.3) is 21.5 Å². The van der Waals surface area contributed by atoms with Gasteiger partial charge in [-0.05, 0) is 89.1 Å². The molecular weight excluding hydrogens is 609 g/mol. The molecule has 0 saturated carbocycles. The van der Waals surface area contributed by atoms with Crippen LogP contribution in [0.3, 0.4) is 0 Å². The molecule has 9 nitrogen and oxygen atoms in total. The minimum atomic E-state index is -0.560. The van der Waals surface area contributed by atoms with Crippen LogP contribution >= 0.6 is 11.3 Å². The van der Waals surface area contributed by atoms with Crippen molar-refractivity contribution in [3.05, 3.63) is 78.4 Å². The second-order valence-corrected chi connectivity index (χ2v) is 15.8. The topological polar surface area (TPSA) is 86.6 Å². The summed E-state index contributed by atoms with van der Waals surface area (Å²) in [4.78, 5) is 51.8. The standard InChI is InChI=1S/C37H48N6O3S/c1-23-17-24(2)19-25(18-23)33-29(11-12-41-13-15-42(16-14-41)22-28-20-32(44)40(6)36(46)39(28)5)30-21-31(47-34(30)38-33)37(3,4)35(45)43-26-7-8-27(43)10-9-26/h17-21,26-27,38H,7-16,22H2,1-6H3. The van der Waals surface area contributed by atoms with E-state index < -0.39 is 5.41 Å². The number of aromatic amines is 1. The van der Waals surface area contributed by atoms with E-state index in [1.807, 2.05) is 0 Å². The second kappa shape index (κ2) is 12.2. The molecule has 47 heavy (non-hydrogen) atoms. The van der Waals surface area contributed by atoms with Crippen LogP contribution in [0.15, 0.2) is 39.9 Å². The molecule has 7 rings (SSSR count). The summed E-state index contributed by atoms with van der Waals surface area (Å²) in [6.07, 6.45) is 5.53. The summed E-state index contributed by atoms with van der Waals surface area (Å²) in [6.45, 7) is 13.7. The monoisotopic (exact) mass is 656 g/mol. The number of nitrogens with one attached hydrogen (secondary N) is 1. The van der Waals surface area contributed by atoms with Crippen LogP contribution in [0.4, 0.5) is 0 Å². The number of thiophene rings is 1. The number of carbonyl (C=O) groups excluding carboxylic acids is 1. The van der Waals surface area contributed by atoms with E-state index in [2.05, 4.69) is 71.6 Å². The van der Waals surface area contributed by atoms with Crippen molar-refractivity contribution in [1.29, 1.82) is 0 Å². The summed E-state index contributed by atoms with van der Waals surface area (Å²) in [6, 6.07) is 11.5. The van der Waals surface area contributed by atoms with E-state index in [0.29, 0.717) is 18.6 Å². The molecule has 3 fully saturated rings. The number of aromatic nitrogens is 3. The molecule has 3 aromatic heterocycles. The molecule has 0 atom stereocenters. The number of rotatable bonds is 8. The van der Waals surface area contributed by atoms with Crippen molar-refractivity contribution in [3.8, 4) is 11.3 Å². The predicted octanol–water partition coefficient (Wildman–Crippen LogP) is 4.70. The Labute approximate surface area is 280 Å². The molecule has 6 heterocycles. The zero-order valence-corrected chi connectivity index (χ0v) is 29.5. The maximum atomic E-state index is 14.0. The molecule has 3 saturated heterocycles. The number of hydrogen-bond acceptors (Lipinski definition) is 6. The van der Waals surface area contributed by atoms with Gasteiger partial charge in [0, 0.05) is 87.5 Å². The van der Waals surface area contributed by atoms with Crippen LogP contribution in [0.1, 0.15) is 66.8 Å². The third-order valence-electron chi connectivity index (χ3n) is 11.1. The molecule has 1 N–H and O–H groups in total. The van der Waals surface area contributed by atoms with Crippen LogP contribution in [0, 0.1) is 13.8 Å². The van der Waals surface area contributed by atoms with Crippen LogP contribution < -0.4 is 11.2 Å². The van der Waals surface area contributed by atoms with Gasteiger partial charge < -0.3 is 14.8 Å². The van der Waals surface area contributed by atoms with Crippen molar-refractivity contribution in [2.24, 2.45) is 14.1 Å². The largest absolute Gasteiger partial charge is 0.346 e. The number of hydrogen-bond donors (Lipinski definition) is 1. The first kappa shape index (κ1) is 32.1. The van der Waals surface area contributed by atoms with Gasteiger partial charge in [0.2, 0.25) is 5.91 Å². The average Bonchev–Trinajstić information content (AvgIpc) is 3.82. The molecule has 0 aliphatic carbocycles. The van der Waals surface area contributed by atoms with Gasteiger partial charge in [0.25, 0.3) is 5.56 Å². The maximum Gasteiger partial charge on any atom is 0.330 e. The zero-order valence-electron chi connectivity index (χ0n) is 28.7. The lowest BCUT2D eigenvalue weighted by atomic mass is 9.88. The Morgan fingerprint density at radius 3 is 2.13 bits per heavy atom. The van der Waals surface area contributed by atoms with Gasteiger partial charge in [0.05, 0.1) is 11.1 Å². The number of nitrogens with zero attached hydrogens (tertiary/aromatic N) is 5. The number of fused-ring (bicyclic) bond motifs is 3. The smallest absolute Gasteiger partial charge is 0.330 e. The molecular formula is C37H48N6O3S. The molecule has 0 radical (unpaired) electrons. The van der Waals surface area contributed by atoms with Gasteiger partial charge in [-0.2, -0.15) is 0 Å². The Balaban J connectivity index is 1.11. The Hall–Kier alpha value is -3.47. The average molecular weight is 657 g/mol. The van der Waals surface area contributed by atoms with Crippen molar-refractivity contribution in [3.63, 3.8) is 0 Å². The third-order valence-corrected chi connectivity index (χ3v) is 12.5. The highest BCUT2D eigenvalue weighted by Crippen LogP contribution is 2.44. The lowest BCUT2D eigenvalue weighted by Crippen LogP contribution is -2.47. The highest BCUT2D eigenvalue weighted by atomic mass is 32.1. The zero-order chi connectivity index (χ0) is 33.2. The molecule has 250 valence electrons. The van der Waals surface area contributed by atoms with E-state index in [9.17, 15) is 14.4 Å². The lowest BCUT2D eigenvalue weighted by Gasteiger charge is -2.35. The number of piperazine rings is 1. The number of carbonyl (C=O) groups is 1. The fraction of sp³-hybridized carbons (Fsp3) is 0.541. The number of H-pyrrole nitrogens is 1. The molecule has 4 aromatic rings. The van der Waals surface area contributed by atoms with Gasteiger partial charge in [0.15, 0.2) is 0 Å². The second-order valence-electron chi connectivity index (χ2n) is 14.8. The highest BCUT2D eigenvalue weighted by molar-refractivity contribution is 7.19. The first-order valence-electron chi connectivity index (χ1n) is 17.2. The van der Waals surface area contributed by atoms with Crippen molar-refractivity contribution in [2.75, 3.05) is 32.7 Å². The molecule has 3 aliphatic heterocycles. The predicted molar refractivity (Wildman–Crippen MR) is 189 cm³/mol. The maximum absolute atomic E-state index is 14.0. The Morgan fingerprint density at radius 2 is 1.49 bits per heavy atom. The summed E-state index contributed by atoms with van der Waals surface area (Å²) < 4.78 is 2.73. The van der Waals surface area contributed by atoms with Crippen molar-refractivity contribution >= 4 is 27.5 Å². The van der Waals surface area contributed by atoms with Crippen LogP contribution in [0.5, 0.6) is 0 Å². The first-order valence-corrected chi connectivity index (χ1v) is 18.0. The molecule has 2 bridgehead atoms. The summed E-state index contributed by atoms with van der Waals surface area (Å²) >= 11 is 1.75. The Morgan fingerprint density at radius 1 is 0.872 bits per heavy atom. The van der Waals surface area contributed by atoms with Crippen LogP contribution in [0.2, 0.25) is 0 Å². The fourth-order valence-corrected chi connectivity index (χ4v) is 9.42. The van der Waals surface area contributed by atoms with Crippen LogP contribution in [-0.2, 0) is 37.3 Å². The SMILES string of the molecule is Cc1cc(C)cc(-c2[nH]c3sc(C(C)(C)C(=O)N4C5CCC4CC5)cc3c2CCN2CCN(Cc3cc(=O)n(C)c(=O)n3C)CC2)c1. The van der Waals surface area contributed by atoms with E-state index in [1.165, 1.54) is 40.4 Å². The Kier molecular flexibility index (Phi) is 8.33. The van der Waals surface area contributed by atoms with Gasteiger partial charge in [0.1, 0.15) is 4.83 Å². The molecule has 3 aliphatic rings. The Bertz CT molecular complexity index is 1920. The number of amides is 1. The molecule has 1 amide bonds. The van der Waals surface area contributed by atoms with E-state index in [4.69, 9.17) is 0 Å². The molecule has 0 spiro atoms. The molecule has 10 heteroatoms. The molecule has 1 aromatic carbocycles. The fourth-order valence-electron chi connectivity index (χ4n) is 8.24. The van der Waals surface area contributed by atoms with Gasteiger partial charge in [-0.25, -0.2) is 4.79 Å². The first-order chi connectivity index (χ1) is 22.4. The van der Waals surface area contributed by atoms with E-state index in [0.717, 1.165) is 84.8 Å². The van der Waals surface area contributed by atoms with Gasteiger partial charge >= 0.3 is 5.69 Å². The summed E-state index contributed by atoms with van der Waals surface area (Å²) in [5.74, 6) is 0.288. The van der Waals surface area contributed by atoms with E-state index >= 15 is 0 Å². The minimum absolute atomic E-state index is 0.258. The van der Waals surface area contributed by atoms with Gasteiger partial charge in [-0.15, -0.1) is 11.3 Å². The quantitative estimate of drug-likeness (QED) is 0.297. The van der Waals surface area contributed by atoms with Crippen molar-refractivity contribution in [1.82, 2.24) is 28.8 Å². The number of aryl methyl sites for hydroxylation is 2.